The second kappa shape index (κ2) is 16.9. The standard InChI is InChI=1S/C66H40N2/c67-41-43-21-25-49(26-22-43)61-39-63(55-35-51(45-13-5-1-6-14-45)33-52(36-55)46-15-7-2-8-16-46)59-31-29-58-62(50-27-23-44(42-68)24-28-50)40-64(60-32-30-57(61)65(59)66(58)60)56-37-53(47-17-9-3-10-18-47)34-54(38-56)48-19-11-4-12-20-48/h1-40H. The number of hydrogen-bond donors (Lipinski definition) is 0. The molecule has 0 aromatic heterocycles. The van der Waals surface area contributed by atoms with Crippen molar-refractivity contribution in [3.05, 3.63) is 254 Å². The summed E-state index contributed by atoms with van der Waals surface area (Å²) in [6.45, 7) is 0. The summed E-state index contributed by atoms with van der Waals surface area (Å²) in [5.41, 5.74) is 19.2. The lowest BCUT2D eigenvalue weighted by atomic mass is 9.81. The first-order valence-corrected chi connectivity index (χ1v) is 22.9. The predicted octanol–water partition coefficient (Wildman–Crippen LogP) is 17.7. The van der Waals surface area contributed by atoms with Gasteiger partial charge in [-0.15, -0.1) is 0 Å². The largest absolute Gasteiger partial charge is 0.192 e. The molecule has 0 radical (unpaired) electrons. The second-order valence-electron chi connectivity index (χ2n) is 17.5. The quantitative estimate of drug-likeness (QED) is 0.143. The van der Waals surface area contributed by atoms with Crippen molar-refractivity contribution in [3.8, 4) is 101 Å². The number of nitrogens with zero attached hydrogens (tertiary/aromatic N) is 2. The summed E-state index contributed by atoms with van der Waals surface area (Å²) in [6.07, 6.45) is 0. The molecule has 0 atom stereocenters. The molecule has 0 aliphatic carbocycles. The average molecular weight is 861 g/mol. The van der Waals surface area contributed by atoms with Crippen molar-refractivity contribution in [2.75, 3.05) is 0 Å². The Morgan fingerprint density at radius 1 is 0.206 bits per heavy atom. The van der Waals surface area contributed by atoms with E-state index in [1.165, 1.54) is 10.8 Å². The zero-order valence-corrected chi connectivity index (χ0v) is 37.0. The van der Waals surface area contributed by atoms with Crippen LogP contribution in [0.15, 0.2) is 243 Å². The molecule has 314 valence electrons. The van der Waals surface area contributed by atoms with E-state index in [9.17, 15) is 10.5 Å². The van der Waals surface area contributed by atoms with E-state index in [1.54, 1.807) is 0 Å². The van der Waals surface area contributed by atoms with Crippen LogP contribution < -0.4 is 0 Å². The van der Waals surface area contributed by atoms with Gasteiger partial charge < -0.3 is 0 Å². The molecular formula is C66H40N2. The monoisotopic (exact) mass is 860 g/mol. The van der Waals surface area contributed by atoms with Crippen molar-refractivity contribution in [2.45, 2.75) is 0 Å². The third-order valence-corrected chi connectivity index (χ3v) is 13.5. The lowest BCUT2D eigenvalue weighted by molar-refractivity contribution is 1.48. The molecule has 0 saturated carbocycles. The van der Waals surface area contributed by atoms with Crippen LogP contribution in [0, 0.1) is 22.7 Å². The summed E-state index contributed by atoms with van der Waals surface area (Å²) in [7, 11) is 0. The number of benzene rings is 12. The highest BCUT2D eigenvalue weighted by molar-refractivity contribution is 6.32. The molecule has 0 aliphatic rings. The predicted molar refractivity (Wildman–Crippen MR) is 283 cm³/mol. The van der Waals surface area contributed by atoms with Crippen molar-refractivity contribution >= 4 is 32.3 Å². The summed E-state index contributed by atoms with van der Waals surface area (Å²) in [5.74, 6) is 0. The maximum atomic E-state index is 9.86. The van der Waals surface area contributed by atoms with Gasteiger partial charge in [0.1, 0.15) is 0 Å². The molecular weight excluding hydrogens is 821 g/mol. The van der Waals surface area contributed by atoms with E-state index >= 15 is 0 Å². The van der Waals surface area contributed by atoms with Gasteiger partial charge in [0.2, 0.25) is 0 Å². The minimum atomic E-state index is 0.624. The lowest BCUT2D eigenvalue weighted by Gasteiger charge is -2.22. The molecule has 12 rings (SSSR count). The van der Waals surface area contributed by atoms with E-state index < -0.39 is 0 Å². The van der Waals surface area contributed by atoms with Crippen molar-refractivity contribution in [1.29, 1.82) is 10.5 Å². The van der Waals surface area contributed by atoms with Crippen LogP contribution in [0.1, 0.15) is 11.1 Å². The Labute approximate surface area is 395 Å². The molecule has 12 aromatic rings. The molecule has 2 heteroatoms. The molecule has 0 unspecified atom stereocenters. The highest BCUT2D eigenvalue weighted by Crippen LogP contribution is 2.50. The minimum Gasteiger partial charge on any atom is -0.192 e. The van der Waals surface area contributed by atoms with E-state index in [1.807, 2.05) is 24.3 Å². The number of nitriles is 2. The Hall–Kier alpha value is -9.34. The minimum absolute atomic E-state index is 0.624. The van der Waals surface area contributed by atoms with Crippen molar-refractivity contribution in [3.63, 3.8) is 0 Å². The summed E-state index contributed by atoms with van der Waals surface area (Å²) >= 11 is 0. The van der Waals surface area contributed by atoms with Gasteiger partial charge in [-0.2, -0.15) is 10.5 Å². The molecule has 0 amide bonds. The average Bonchev–Trinajstić information content (AvgIpc) is 3.42. The van der Waals surface area contributed by atoms with E-state index in [2.05, 4.69) is 231 Å². The molecule has 0 aliphatic heterocycles. The van der Waals surface area contributed by atoms with Gasteiger partial charge in [0.15, 0.2) is 0 Å². The first-order valence-electron chi connectivity index (χ1n) is 22.9. The van der Waals surface area contributed by atoms with Gasteiger partial charge in [0.25, 0.3) is 0 Å². The normalized spacial score (nSPS) is 11.2. The van der Waals surface area contributed by atoms with E-state index in [4.69, 9.17) is 0 Å². The summed E-state index contributed by atoms with van der Waals surface area (Å²) in [5, 5.41) is 26.7. The van der Waals surface area contributed by atoms with Gasteiger partial charge in [-0.05, 0) is 194 Å². The molecule has 0 N–H and O–H groups in total. The van der Waals surface area contributed by atoms with Gasteiger partial charge in [-0.3, -0.25) is 0 Å². The molecule has 0 saturated heterocycles. The fourth-order valence-electron chi connectivity index (χ4n) is 10.2. The Bertz CT molecular complexity index is 3540. The summed E-state index contributed by atoms with van der Waals surface area (Å²) in [6, 6.07) is 91.1. The van der Waals surface area contributed by atoms with Crippen LogP contribution >= 0.6 is 0 Å². The van der Waals surface area contributed by atoms with E-state index in [-0.39, 0.29) is 0 Å². The smallest absolute Gasteiger partial charge is 0.0991 e. The maximum absolute atomic E-state index is 9.86. The van der Waals surface area contributed by atoms with Gasteiger partial charge >= 0.3 is 0 Å². The van der Waals surface area contributed by atoms with Gasteiger partial charge in [-0.1, -0.05) is 170 Å². The van der Waals surface area contributed by atoms with Crippen LogP contribution in [-0.2, 0) is 0 Å². The molecule has 2 nitrogen and oxygen atoms in total. The zero-order chi connectivity index (χ0) is 45.6. The lowest BCUT2D eigenvalue weighted by Crippen LogP contribution is -1.95. The Kier molecular flexibility index (Phi) is 9.99. The maximum Gasteiger partial charge on any atom is 0.0991 e. The Balaban J connectivity index is 1.21. The van der Waals surface area contributed by atoms with Crippen LogP contribution in [0.3, 0.4) is 0 Å². The molecule has 0 heterocycles. The topological polar surface area (TPSA) is 47.6 Å². The van der Waals surface area contributed by atoms with Gasteiger partial charge in [-0.25, -0.2) is 0 Å². The summed E-state index contributed by atoms with van der Waals surface area (Å²) < 4.78 is 0. The van der Waals surface area contributed by atoms with E-state index in [0.717, 1.165) is 111 Å². The fraction of sp³-hybridized carbons (Fsp3) is 0. The molecule has 68 heavy (non-hydrogen) atoms. The van der Waals surface area contributed by atoms with Crippen LogP contribution in [0.2, 0.25) is 0 Å². The van der Waals surface area contributed by atoms with Crippen LogP contribution in [0.4, 0.5) is 0 Å². The van der Waals surface area contributed by atoms with Crippen molar-refractivity contribution < 1.29 is 0 Å². The first kappa shape index (κ1) is 40.2. The second-order valence-corrected chi connectivity index (χ2v) is 17.5. The van der Waals surface area contributed by atoms with Crippen molar-refractivity contribution in [2.24, 2.45) is 0 Å². The fourth-order valence-corrected chi connectivity index (χ4v) is 10.2. The van der Waals surface area contributed by atoms with Crippen molar-refractivity contribution in [1.82, 2.24) is 0 Å². The van der Waals surface area contributed by atoms with Gasteiger partial charge in [0.05, 0.1) is 23.3 Å². The van der Waals surface area contributed by atoms with Crippen LogP contribution in [0.25, 0.3) is 121 Å². The zero-order valence-electron chi connectivity index (χ0n) is 37.0. The number of hydrogen-bond acceptors (Lipinski definition) is 2. The summed E-state index contributed by atoms with van der Waals surface area (Å²) in [4.78, 5) is 0. The number of rotatable bonds is 8. The van der Waals surface area contributed by atoms with Crippen LogP contribution in [0.5, 0.6) is 0 Å². The van der Waals surface area contributed by atoms with Crippen LogP contribution in [-0.4, -0.2) is 0 Å². The Morgan fingerprint density at radius 3 is 0.721 bits per heavy atom. The SMILES string of the molecule is N#Cc1ccc(-c2cc(-c3cc(-c4ccccc4)cc(-c4ccccc4)c3)c3ccc4c(-c5ccc(C#N)cc5)cc(-c5cc(-c6ccccc6)cc(-c6ccccc6)c5)c5ccc2c3c45)cc1. The third-order valence-electron chi connectivity index (χ3n) is 13.5. The van der Waals surface area contributed by atoms with E-state index in [0.29, 0.717) is 11.1 Å². The third kappa shape index (κ3) is 7.15. The Morgan fingerprint density at radius 2 is 0.456 bits per heavy atom. The highest BCUT2D eigenvalue weighted by atomic mass is 14.3. The highest BCUT2D eigenvalue weighted by Gasteiger charge is 2.22. The molecule has 0 bridgehead atoms. The van der Waals surface area contributed by atoms with Gasteiger partial charge in [0, 0.05) is 0 Å². The first-order chi connectivity index (χ1) is 33.6. The molecule has 12 aromatic carbocycles. The molecule has 0 spiro atoms. The molecule has 0 fully saturated rings.